The molecule has 1 aliphatic carbocycles. The van der Waals surface area contributed by atoms with Crippen LogP contribution in [-0.4, -0.2) is 52.9 Å². The minimum absolute atomic E-state index is 0.0349. The first kappa shape index (κ1) is 21.9. The highest BCUT2D eigenvalue weighted by atomic mass is 19.1. The molecule has 0 saturated carbocycles. The lowest BCUT2D eigenvalue weighted by Crippen LogP contribution is -2.41. The van der Waals surface area contributed by atoms with Crippen molar-refractivity contribution in [1.82, 2.24) is 20.0 Å². The van der Waals surface area contributed by atoms with Gasteiger partial charge in [0.25, 0.3) is 5.91 Å². The summed E-state index contributed by atoms with van der Waals surface area (Å²) < 4.78 is 34.5. The van der Waals surface area contributed by atoms with Crippen molar-refractivity contribution in [3.05, 3.63) is 52.3 Å². The van der Waals surface area contributed by atoms with Crippen LogP contribution in [-0.2, 0) is 30.7 Å². The molecule has 1 N–H and O–H groups in total. The number of hydrogen-bond acceptors (Lipinski definition) is 4. The molecule has 1 saturated heterocycles. The third-order valence-electron chi connectivity index (χ3n) is 5.98. The Morgan fingerprint density at radius 3 is 2.77 bits per heavy atom. The molecule has 1 aliphatic heterocycles. The van der Waals surface area contributed by atoms with Crippen LogP contribution in [0.2, 0.25) is 0 Å². The number of hydrogen-bond donors (Lipinski definition) is 1. The number of halogens is 2. The zero-order valence-electron chi connectivity index (χ0n) is 18.2. The van der Waals surface area contributed by atoms with E-state index in [0.29, 0.717) is 56.4 Å². The van der Waals surface area contributed by atoms with Crippen LogP contribution in [0.25, 0.3) is 0 Å². The van der Waals surface area contributed by atoms with Crippen molar-refractivity contribution in [3.8, 4) is 0 Å². The van der Waals surface area contributed by atoms with Crippen molar-refractivity contribution in [2.45, 2.75) is 52.2 Å². The third-order valence-corrected chi connectivity index (χ3v) is 5.98. The third kappa shape index (κ3) is 4.96. The number of carbonyl (C=O) groups is 1. The van der Waals surface area contributed by atoms with E-state index in [1.165, 1.54) is 12.1 Å². The second-order valence-electron chi connectivity index (χ2n) is 8.81. The van der Waals surface area contributed by atoms with Crippen LogP contribution < -0.4 is 5.32 Å². The maximum Gasteiger partial charge on any atom is 0.274 e. The number of aromatic nitrogens is 2. The fraction of sp³-hybridized carbons (Fsp3) is 0.565. The summed E-state index contributed by atoms with van der Waals surface area (Å²) in [6, 6.07) is 3.75. The van der Waals surface area contributed by atoms with Gasteiger partial charge in [0.15, 0.2) is 5.69 Å². The molecule has 31 heavy (non-hydrogen) atoms. The lowest BCUT2D eigenvalue weighted by Gasteiger charge is -2.28. The van der Waals surface area contributed by atoms with Crippen molar-refractivity contribution < 1.29 is 18.3 Å². The first-order valence-corrected chi connectivity index (χ1v) is 11.0. The normalized spacial score (nSPS) is 19.0. The van der Waals surface area contributed by atoms with Gasteiger partial charge in [-0.3, -0.25) is 9.48 Å². The number of nitrogens with zero attached hydrogens (tertiary/aromatic N) is 3. The van der Waals surface area contributed by atoms with Gasteiger partial charge in [-0.25, -0.2) is 8.78 Å². The van der Waals surface area contributed by atoms with E-state index >= 15 is 0 Å². The highest BCUT2D eigenvalue weighted by Crippen LogP contribution is 2.27. The zero-order valence-corrected chi connectivity index (χ0v) is 18.2. The van der Waals surface area contributed by atoms with Crippen molar-refractivity contribution in [2.24, 2.45) is 5.92 Å². The summed E-state index contributed by atoms with van der Waals surface area (Å²) in [5, 5.41) is 8.13. The van der Waals surface area contributed by atoms with Crippen LogP contribution in [0, 0.1) is 17.6 Å². The van der Waals surface area contributed by atoms with Crippen LogP contribution in [0.3, 0.4) is 0 Å². The van der Waals surface area contributed by atoms with E-state index in [-0.39, 0.29) is 11.9 Å². The number of fused-ring (bicyclic) bond motifs is 1. The molecule has 1 atom stereocenters. The molecule has 1 amide bonds. The van der Waals surface area contributed by atoms with Crippen LogP contribution in [0.15, 0.2) is 18.2 Å². The molecule has 2 heterocycles. The molecule has 1 aromatic heterocycles. The molecule has 168 valence electrons. The minimum atomic E-state index is -0.576. The van der Waals surface area contributed by atoms with E-state index in [1.54, 1.807) is 0 Å². The smallest absolute Gasteiger partial charge is 0.274 e. The molecule has 0 bridgehead atoms. The van der Waals surface area contributed by atoms with Gasteiger partial charge in [0, 0.05) is 55.1 Å². The Bertz CT molecular complexity index is 938. The molecule has 4 rings (SSSR count). The minimum Gasteiger partial charge on any atom is -0.378 e. The van der Waals surface area contributed by atoms with E-state index in [2.05, 4.69) is 19.2 Å². The van der Waals surface area contributed by atoms with Gasteiger partial charge in [0.2, 0.25) is 0 Å². The molecule has 8 heteroatoms. The van der Waals surface area contributed by atoms with Crippen LogP contribution >= 0.6 is 0 Å². The fourth-order valence-corrected chi connectivity index (χ4v) is 4.37. The molecule has 1 unspecified atom stereocenters. The van der Waals surface area contributed by atoms with E-state index in [4.69, 9.17) is 9.84 Å². The number of benzene rings is 1. The van der Waals surface area contributed by atoms with E-state index in [0.717, 1.165) is 36.7 Å². The van der Waals surface area contributed by atoms with Gasteiger partial charge in [-0.1, -0.05) is 19.9 Å². The summed E-state index contributed by atoms with van der Waals surface area (Å²) in [7, 11) is 0. The molecular weight excluding hydrogens is 402 g/mol. The molecule has 1 fully saturated rings. The summed E-state index contributed by atoms with van der Waals surface area (Å²) in [6.07, 6.45) is 2.36. The quantitative estimate of drug-likeness (QED) is 0.763. The molecule has 0 radical (unpaired) electrons. The van der Waals surface area contributed by atoms with Gasteiger partial charge < -0.3 is 15.0 Å². The van der Waals surface area contributed by atoms with E-state index < -0.39 is 11.6 Å². The zero-order chi connectivity index (χ0) is 22.0. The number of amides is 1. The van der Waals surface area contributed by atoms with Gasteiger partial charge in [0.05, 0.1) is 13.2 Å². The monoisotopic (exact) mass is 432 g/mol. The fourth-order valence-electron chi connectivity index (χ4n) is 4.37. The Kier molecular flexibility index (Phi) is 6.67. The average Bonchev–Trinajstić information content (AvgIpc) is 3.10. The largest absolute Gasteiger partial charge is 0.378 e. The summed E-state index contributed by atoms with van der Waals surface area (Å²) in [4.78, 5) is 15.0. The molecule has 2 aliphatic rings. The van der Waals surface area contributed by atoms with Crippen LogP contribution in [0.5, 0.6) is 0 Å². The highest BCUT2D eigenvalue weighted by molar-refractivity contribution is 5.94. The second-order valence-corrected chi connectivity index (χ2v) is 8.81. The van der Waals surface area contributed by atoms with Crippen molar-refractivity contribution in [1.29, 1.82) is 0 Å². The summed E-state index contributed by atoms with van der Waals surface area (Å²) in [5.74, 6) is -0.732. The first-order chi connectivity index (χ1) is 14.9. The predicted octanol–water partition coefficient (Wildman–Crippen LogP) is 2.94. The standard InChI is InChI=1S/C23H30F2N4O2/c1-15(2)14-29-21-6-5-18(26-13-16-3-4-17(24)11-20(16)25)12-19(21)22(27-29)23(30)28-7-9-31-10-8-28/h3-4,11,15,18,26H,5-10,12-14H2,1-2H3. The van der Waals surface area contributed by atoms with E-state index in [1.807, 2.05) is 9.58 Å². The number of nitrogens with one attached hydrogen (secondary N) is 1. The van der Waals surface area contributed by atoms with Gasteiger partial charge in [-0.15, -0.1) is 0 Å². The molecular formula is C23H30F2N4O2. The maximum absolute atomic E-state index is 14.0. The van der Waals surface area contributed by atoms with Crippen LogP contribution in [0.4, 0.5) is 8.78 Å². The van der Waals surface area contributed by atoms with E-state index in [9.17, 15) is 13.6 Å². The summed E-state index contributed by atoms with van der Waals surface area (Å²) in [5.41, 5.74) is 3.11. The average molecular weight is 433 g/mol. The van der Waals surface area contributed by atoms with Gasteiger partial charge in [0.1, 0.15) is 11.6 Å². The topological polar surface area (TPSA) is 59.4 Å². The lowest BCUT2D eigenvalue weighted by molar-refractivity contribution is 0.0297. The second kappa shape index (κ2) is 9.44. The SMILES string of the molecule is CC(C)Cn1nc(C(=O)N2CCOCC2)c2c1CCC(NCc1ccc(F)cc1F)C2. The number of morpholine rings is 1. The number of ether oxygens (including phenoxy) is 1. The molecule has 6 nitrogen and oxygen atoms in total. The Balaban J connectivity index is 1.53. The Hall–Kier alpha value is -2.32. The Morgan fingerprint density at radius 2 is 2.06 bits per heavy atom. The summed E-state index contributed by atoms with van der Waals surface area (Å²) in [6.45, 7) is 7.63. The number of carbonyl (C=O) groups excluding carboxylic acids is 1. The highest BCUT2D eigenvalue weighted by Gasteiger charge is 2.31. The first-order valence-electron chi connectivity index (χ1n) is 11.0. The van der Waals surface area contributed by atoms with Crippen molar-refractivity contribution in [2.75, 3.05) is 26.3 Å². The predicted molar refractivity (Wildman–Crippen MR) is 113 cm³/mol. The molecule has 1 aromatic carbocycles. The molecule has 2 aromatic rings. The van der Waals surface area contributed by atoms with Gasteiger partial charge in [-0.2, -0.15) is 5.10 Å². The van der Waals surface area contributed by atoms with Crippen molar-refractivity contribution >= 4 is 5.91 Å². The maximum atomic E-state index is 14.0. The lowest BCUT2D eigenvalue weighted by atomic mass is 9.90. The van der Waals surface area contributed by atoms with Crippen molar-refractivity contribution in [3.63, 3.8) is 0 Å². The Labute approximate surface area is 181 Å². The molecule has 0 spiro atoms. The summed E-state index contributed by atoms with van der Waals surface area (Å²) >= 11 is 0. The Morgan fingerprint density at radius 1 is 1.29 bits per heavy atom. The van der Waals surface area contributed by atoms with Gasteiger partial charge >= 0.3 is 0 Å². The number of rotatable bonds is 6. The van der Waals surface area contributed by atoms with Gasteiger partial charge in [-0.05, 0) is 31.2 Å². The van der Waals surface area contributed by atoms with Crippen LogP contribution in [0.1, 0.15) is 47.6 Å².